The van der Waals surface area contributed by atoms with Gasteiger partial charge in [-0.05, 0) is 48.4 Å². The van der Waals surface area contributed by atoms with Gasteiger partial charge in [0.1, 0.15) is 25.0 Å². The average Bonchev–Trinajstić information content (AvgIpc) is 3.15. The van der Waals surface area contributed by atoms with Crippen LogP contribution in [0.5, 0.6) is 5.75 Å². The molecule has 9 heteroatoms. The van der Waals surface area contributed by atoms with Crippen molar-refractivity contribution in [2.45, 2.75) is 12.5 Å². The Balaban J connectivity index is 1.39. The molecule has 0 spiro atoms. The van der Waals surface area contributed by atoms with E-state index >= 15 is 0 Å². The van der Waals surface area contributed by atoms with Crippen LogP contribution in [0.15, 0.2) is 53.5 Å². The third-order valence-electron chi connectivity index (χ3n) is 4.14. The number of benzene rings is 2. The number of carbonyl (C=O) groups excluding carboxylic acids is 1. The molecule has 0 radical (unpaired) electrons. The van der Waals surface area contributed by atoms with E-state index in [0.717, 1.165) is 15.8 Å². The maximum absolute atomic E-state index is 12.3. The van der Waals surface area contributed by atoms with Crippen molar-refractivity contribution in [2.75, 3.05) is 11.9 Å². The number of hydrogen-bond acceptors (Lipinski definition) is 4. The van der Waals surface area contributed by atoms with E-state index in [2.05, 4.69) is 36.6 Å². The maximum atomic E-state index is 12.3. The van der Waals surface area contributed by atoms with Crippen molar-refractivity contribution in [3.8, 4) is 11.4 Å². The fraction of sp³-hybridized carbons (Fsp3) is 0.167. The summed E-state index contributed by atoms with van der Waals surface area (Å²) in [6, 6.07) is 10.6. The number of rotatable bonds is 3. The lowest BCUT2D eigenvalue weighted by Crippen LogP contribution is -2.44. The quantitative estimate of drug-likeness (QED) is 0.638. The number of carbonyl (C=O) groups is 1. The van der Waals surface area contributed by atoms with Gasteiger partial charge in [-0.25, -0.2) is 14.5 Å². The smallest absolute Gasteiger partial charge is 0.319 e. The van der Waals surface area contributed by atoms with Crippen LogP contribution in [0.2, 0.25) is 5.02 Å². The van der Waals surface area contributed by atoms with Gasteiger partial charge in [-0.15, -0.1) is 0 Å². The third kappa shape index (κ3) is 4.06. The fourth-order valence-corrected chi connectivity index (χ4v) is 3.59. The number of anilines is 1. The van der Waals surface area contributed by atoms with E-state index in [-0.39, 0.29) is 12.1 Å². The Kier molecular flexibility index (Phi) is 5.00. The van der Waals surface area contributed by atoms with E-state index < -0.39 is 0 Å². The number of ether oxygens (including phenoxy) is 1. The SMILES string of the molecule is O=C(Nc1ccc(-n2cncn2)c(Cl)c1)N[C@H]1COc2ccc(Br)cc2C1. The van der Waals surface area contributed by atoms with E-state index in [4.69, 9.17) is 16.3 Å². The minimum atomic E-state index is -0.313. The number of nitrogens with zero attached hydrogens (tertiary/aromatic N) is 3. The second-order valence-corrected chi connectivity index (χ2v) is 7.39. The summed E-state index contributed by atoms with van der Waals surface area (Å²) in [6.45, 7) is 0.425. The Morgan fingerprint density at radius 3 is 2.96 bits per heavy atom. The molecule has 0 fully saturated rings. The first-order chi connectivity index (χ1) is 13.1. The number of halogens is 2. The standard InChI is InChI=1S/C18H15BrClN5O2/c19-12-1-4-17-11(5-12)6-14(8-27-17)24-18(26)23-13-2-3-16(15(20)7-13)25-10-21-9-22-25/h1-5,7,9-10,14H,6,8H2,(H2,23,24,26)/t14-/m1/s1. The van der Waals surface area contributed by atoms with E-state index in [1.807, 2.05) is 18.2 Å². The lowest BCUT2D eigenvalue weighted by Gasteiger charge is -2.26. The van der Waals surface area contributed by atoms with Gasteiger partial charge in [0.05, 0.1) is 16.8 Å². The van der Waals surface area contributed by atoms with E-state index in [1.165, 1.54) is 6.33 Å². The summed E-state index contributed by atoms with van der Waals surface area (Å²) in [4.78, 5) is 16.2. The molecule has 1 aliphatic heterocycles. The predicted octanol–water partition coefficient (Wildman–Crippen LogP) is 3.81. The number of amides is 2. The summed E-state index contributed by atoms with van der Waals surface area (Å²) in [5, 5.41) is 10.2. The number of hydrogen-bond donors (Lipinski definition) is 2. The largest absolute Gasteiger partial charge is 0.491 e. The van der Waals surface area contributed by atoms with E-state index in [0.29, 0.717) is 29.4 Å². The summed E-state index contributed by atoms with van der Waals surface area (Å²) in [5.74, 6) is 0.854. The number of fused-ring (bicyclic) bond motifs is 1. The van der Waals surface area contributed by atoms with Crippen LogP contribution in [0.1, 0.15) is 5.56 Å². The highest BCUT2D eigenvalue weighted by Gasteiger charge is 2.21. The molecule has 2 N–H and O–H groups in total. The zero-order valence-electron chi connectivity index (χ0n) is 14.0. The van der Waals surface area contributed by atoms with Crippen molar-refractivity contribution >= 4 is 39.2 Å². The van der Waals surface area contributed by atoms with E-state index in [9.17, 15) is 4.79 Å². The number of urea groups is 1. The second kappa shape index (κ2) is 7.58. The zero-order chi connectivity index (χ0) is 18.8. The van der Waals surface area contributed by atoms with Crippen molar-refractivity contribution in [2.24, 2.45) is 0 Å². The van der Waals surface area contributed by atoms with Gasteiger partial charge in [0.15, 0.2) is 0 Å². The summed E-state index contributed by atoms with van der Waals surface area (Å²) in [7, 11) is 0. The number of nitrogens with one attached hydrogen (secondary N) is 2. The second-order valence-electron chi connectivity index (χ2n) is 6.07. The number of aromatic nitrogens is 3. The minimum absolute atomic E-state index is 0.114. The lowest BCUT2D eigenvalue weighted by molar-refractivity contribution is 0.222. The molecule has 27 heavy (non-hydrogen) atoms. The zero-order valence-corrected chi connectivity index (χ0v) is 16.4. The molecule has 2 aromatic carbocycles. The van der Waals surface area contributed by atoms with Crippen LogP contribution >= 0.6 is 27.5 Å². The molecule has 138 valence electrons. The first-order valence-electron chi connectivity index (χ1n) is 8.22. The maximum Gasteiger partial charge on any atom is 0.319 e. The van der Waals surface area contributed by atoms with E-state index in [1.54, 1.807) is 29.2 Å². The monoisotopic (exact) mass is 447 g/mol. The molecule has 7 nitrogen and oxygen atoms in total. The molecule has 0 unspecified atom stereocenters. The highest BCUT2D eigenvalue weighted by Crippen LogP contribution is 2.28. The first kappa shape index (κ1) is 17.8. The minimum Gasteiger partial charge on any atom is -0.491 e. The summed E-state index contributed by atoms with van der Waals surface area (Å²) in [5.41, 5.74) is 2.32. The Morgan fingerprint density at radius 2 is 2.19 bits per heavy atom. The lowest BCUT2D eigenvalue weighted by atomic mass is 10.0. The Hall–Kier alpha value is -2.58. The molecule has 1 atom stereocenters. The van der Waals surface area contributed by atoms with Gasteiger partial charge in [0.2, 0.25) is 0 Å². The predicted molar refractivity (Wildman–Crippen MR) is 106 cm³/mol. The molecule has 0 bridgehead atoms. The Labute approximate surface area is 168 Å². The van der Waals surface area contributed by atoms with Crippen LogP contribution in [-0.2, 0) is 6.42 Å². The molecular formula is C18H15BrClN5O2. The Bertz CT molecular complexity index is 980. The normalized spacial score (nSPS) is 15.6. The van der Waals surface area contributed by atoms with Gasteiger partial charge in [-0.2, -0.15) is 5.10 Å². The third-order valence-corrected chi connectivity index (χ3v) is 4.93. The van der Waals surface area contributed by atoms with Crippen LogP contribution in [0.3, 0.4) is 0 Å². The summed E-state index contributed by atoms with van der Waals surface area (Å²) < 4.78 is 8.26. The average molecular weight is 449 g/mol. The van der Waals surface area contributed by atoms with Crippen molar-refractivity contribution in [1.82, 2.24) is 20.1 Å². The van der Waals surface area contributed by atoms with Crippen molar-refractivity contribution in [3.63, 3.8) is 0 Å². The van der Waals surface area contributed by atoms with Crippen LogP contribution in [0.25, 0.3) is 5.69 Å². The van der Waals surface area contributed by atoms with Crippen molar-refractivity contribution < 1.29 is 9.53 Å². The van der Waals surface area contributed by atoms with Gasteiger partial charge >= 0.3 is 6.03 Å². The van der Waals surface area contributed by atoms with Crippen LogP contribution < -0.4 is 15.4 Å². The molecule has 0 aliphatic carbocycles. The highest BCUT2D eigenvalue weighted by atomic mass is 79.9. The summed E-state index contributed by atoms with van der Waals surface area (Å²) >= 11 is 9.74. The topological polar surface area (TPSA) is 81.1 Å². The molecule has 0 saturated carbocycles. The van der Waals surface area contributed by atoms with Gasteiger partial charge < -0.3 is 15.4 Å². The van der Waals surface area contributed by atoms with Crippen LogP contribution in [0, 0.1) is 0 Å². The molecule has 4 rings (SSSR count). The first-order valence-corrected chi connectivity index (χ1v) is 9.39. The molecule has 2 amide bonds. The van der Waals surface area contributed by atoms with Crippen molar-refractivity contribution in [3.05, 3.63) is 64.1 Å². The van der Waals surface area contributed by atoms with Crippen LogP contribution in [-0.4, -0.2) is 33.4 Å². The highest BCUT2D eigenvalue weighted by molar-refractivity contribution is 9.10. The van der Waals surface area contributed by atoms with Gasteiger partial charge in [-0.3, -0.25) is 0 Å². The molecule has 1 aromatic heterocycles. The van der Waals surface area contributed by atoms with Gasteiger partial charge in [0.25, 0.3) is 0 Å². The molecule has 2 heterocycles. The molecule has 0 saturated heterocycles. The van der Waals surface area contributed by atoms with Gasteiger partial charge in [-0.1, -0.05) is 27.5 Å². The van der Waals surface area contributed by atoms with Gasteiger partial charge in [0, 0.05) is 10.2 Å². The summed E-state index contributed by atoms with van der Waals surface area (Å²) in [6.07, 6.45) is 3.69. The fourth-order valence-electron chi connectivity index (χ4n) is 2.91. The van der Waals surface area contributed by atoms with Crippen LogP contribution in [0.4, 0.5) is 10.5 Å². The Morgan fingerprint density at radius 1 is 1.30 bits per heavy atom. The molecular weight excluding hydrogens is 434 g/mol. The molecule has 1 aliphatic rings. The molecule has 3 aromatic rings. The van der Waals surface area contributed by atoms with Crippen molar-refractivity contribution in [1.29, 1.82) is 0 Å².